The first-order chi connectivity index (χ1) is 11.5. The maximum absolute atomic E-state index is 13.8. The summed E-state index contributed by atoms with van der Waals surface area (Å²) in [6, 6.07) is 4.50. The number of aliphatic hydroxyl groups is 1. The van der Waals surface area contributed by atoms with Crippen LogP contribution < -0.4 is 10.2 Å². The van der Waals surface area contributed by atoms with Crippen molar-refractivity contribution in [2.24, 2.45) is 5.92 Å². The van der Waals surface area contributed by atoms with E-state index in [1.54, 1.807) is 6.07 Å². The van der Waals surface area contributed by atoms with Gasteiger partial charge in [-0.2, -0.15) is 0 Å². The van der Waals surface area contributed by atoms with Crippen LogP contribution in [0.4, 0.5) is 10.1 Å². The maximum Gasteiger partial charge on any atom is 0.223 e. The zero-order valence-corrected chi connectivity index (χ0v) is 14.9. The third-order valence-electron chi connectivity index (χ3n) is 4.98. The van der Waals surface area contributed by atoms with Crippen LogP contribution in [0.2, 0.25) is 0 Å². The Morgan fingerprint density at radius 2 is 1.96 bits per heavy atom. The van der Waals surface area contributed by atoms with E-state index in [1.165, 1.54) is 12.1 Å². The molecule has 1 aromatic carbocycles. The average molecular weight is 336 g/mol. The van der Waals surface area contributed by atoms with E-state index in [-0.39, 0.29) is 29.8 Å². The Hall–Kier alpha value is -1.62. The third-order valence-corrected chi connectivity index (χ3v) is 4.98. The van der Waals surface area contributed by atoms with Crippen molar-refractivity contribution in [2.45, 2.75) is 58.6 Å². The zero-order chi connectivity index (χ0) is 17.7. The Kier molecular flexibility index (Phi) is 6.60. The summed E-state index contributed by atoms with van der Waals surface area (Å²) in [5, 5.41) is 12.7. The summed E-state index contributed by atoms with van der Waals surface area (Å²) >= 11 is 0. The first-order valence-corrected chi connectivity index (χ1v) is 8.99. The zero-order valence-electron chi connectivity index (χ0n) is 14.9. The van der Waals surface area contributed by atoms with Crippen molar-refractivity contribution in [1.29, 1.82) is 0 Å². The van der Waals surface area contributed by atoms with Crippen LogP contribution in [-0.4, -0.2) is 30.2 Å². The molecule has 1 unspecified atom stereocenters. The van der Waals surface area contributed by atoms with Crippen molar-refractivity contribution in [3.8, 4) is 0 Å². The van der Waals surface area contributed by atoms with Crippen LogP contribution in [0.15, 0.2) is 18.2 Å². The van der Waals surface area contributed by atoms with Crippen LogP contribution in [-0.2, 0) is 4.79 Å². The highest BCUT2D eigenvalue weighted by molar-refractivity contribution is 5.79. The summed E-state index contributed by atoms with van der Waals surface area (Å²) in [6.45, 7) is 7.40. The highest BCUT2D eigenvalue weighted by Crippen LogP contribution is 2.30. The molecule has 0 bridgehead atoms. The summed E-state index contributed by atoms with van der Waals surface area (Å²) in [5.41, 5.74) is 1.74. The predicted octanol–water partition coefficient (Wildman–Crippen LogP) is 3.40. The van der Waals surface area contributed by atoms with Gasteiger partial charge in [0.15, 0.2) is 0 Å². The molecule has 1 fully saturated rings. The maximum atomic E-state index is 13.8. The molecule has 24 heavy (non-hydrogen) atoms. The first kappa shape index (κ1) is 18.7. The van der Waals surface area contributed by atoms with Gasteiger partial charge >= 0.3 is 0 Å². The molecule has 1 saturated heterocycles. The van der Waals surface area contributed by atoms with Crippen LogP contribution in [0.5, 0.6) is 0 Å². The van der Waals surface area contributed by atoms with Crippen LogP contribution in [0.25, 0.3) is 0 Å². The number of benzene rings is 1. The topological polar surface area (TPSA) is 52.6 Å². The number of hydrogen-bond donors (Lipinski definition) is 2. The van der Waals surface area contributed by atoms with E-state index < -0.39 is 0 Å². The van der Waals surface area contributed by atoms with Gasteiger partial charge in [0.2, 0.25) is 5.91 Å². The van der Waals surface area contributed by atoms with E-state index in [2.05, 4.69) is 10.2 Å². The van der Waals surface area contributed by atoms with Gasteiger partial charge in [-0.15, -0.1) is 0 Å². The Morgan fingerprint density at radius 1 is 1.33 bits per heavy atom. The van der Waals surface area contributed by atoms with Crippen molar-refractivity contribution < 1.29 is 14.3 Å². The second kappa shape index (κ2) is 8.47. The van der Waals surface area contributed by atoms with Crippen LogP contribution in [0, 0.1) is 11.7 Å². The van der Waals surface area contributed by atoms with E-state index in [1.807, 2.05) is 20.8 Å². The molecule has 1 amide bonds. The lowest BCUT2D eigenvalue weighted by Gasteiger charge is -2.34. The van der Waals surface area contributed by atoms with Crippen molar-refractivity contribution in [2.75, 3.05) is 18.0 Å². The molecule has 1 atom stereocenters. The van der Waals surface area contributed by atoms with Gasteiger partial charge in [-0.3, -0.25) is 4.79 Å². The normalized spacial score (nSPS) is 17.2. The number of rotatable bonds is 6. The van der Waals surface area contributed by atoms with E-state index in [0.717, 1.165) is 37.2 Å². The lowest BCUT2D eigenvalue weighted by molar-refractivity contribution is -0.125. The van der Waals surface area contributed by atoms with E-state index in [4.69, 9.17) is 0 Å². The average Bonchev–Trinajstić information content (AvgIpc) is 2.56. The van der Waals surface area contributed by atoms with Gasteiger partial charge in [-0.1, -0.05) is 13.8 Å². The standard InChI is InChI=1S/C19H29FN2O2/c1-4-14(5-2)19(24)21-13(3)17-12-15(20)6-7-18(17)22-10-8-16(23)9-11-22/h6-7,12-14,16,23H,4-5,8-11H2,1-3H3,(H,21,24). The summed E-state index contributed by atoms with van der Waals surface area (Å²) in [6.07, 6.45) is 2.78. The summed E-state index contributed by atoms with van der Waals surface area (Å²) < 4.78 is 13.8. The second-order valence-electron chi connectivity index (χ2n) is 6.67. The van der Waals surface area contributed by atoms with Crippen molar-refractivity contribution in [1.82, 2.24) is 5.32 Å². The fourth-order valence-electron chi connectivity index (χ4n) is 3.34. The minimum absolute atomic E-state index is 0.00501. The Morgan fingerprint density at radius 3 is 2.54 bits per heavy atom. The Bertz CT molecular complexity index is 552. The number of anilines is 1. The smallest absolute Gasteiger partial charge is 0.223 e. The molecule has 1 aliphatic heterocycles. The van der Waals surface area contributed by atoms with Crippen LogP contribution >= 0.6 is 0 Å². The summed E-state index contributed by atoms with van der Waals surface area (Å²) in [4.78, 5) is 14.5. The quantitative estimate of drug-likeness (QED) is 0.837. The van der Waals surface area contributed by atoms with Crippen LogP contribution in [0.1, 0.15) is 58.1 Å². The third kappa shape index (κ3) is 4.47. The minimum Gasteiger partial charge on any atom is -0.393 e. The highest BCUT2D eigenvalue weighted by Gasteiger charge is 2.23. The lowest BCUT2D eigenvalue weighted by atomic mass is 9.99. The Balaban J connectivity index is 2.18. The van der Waals surface area contributed by atoms with E-state index in [9.17, 15) is 14.3 Å². The largest absolute Gasteiger partial charge is 0.393 e. The molecule has 2 N–H and O–H groups in total. The van der Waals surface area contributed by atoms with Crippen molar-refractivity contribution in [3.05, 3.63) is 29.6 Å². The number of amides is 1. The van der Waals surface area contributed by atoms with Gasteiger partial charge in [-0.05, 0) is 50.8 Å². The molecule has 1 aromatic rings. The molecule has 0 spiro atoms. The Labute approximate surface area is 144 Å². The first-order valence-electron chi connectivity index (χ1n) is 8.99. The van der Waals surface area contributed by atoms with Gasteiger partial charge in [0, 0.05) is 30.3 Å². The van der Waals surface area contributed by atoms with Gasteiger partial charge in [0.05, 0.1) is 12.1 Å². The molecular weight excluding hydrogens is 307 g/mol. The highest BCUT2D eigenvalue weighted by atomic mass is 19.1. The molecule has 0 aromatic heterocycles. The number of halogens is 1. The number of carbonyl (C=O) groups excluding carboxylic acids is 1. The summed E-state index contributed by atoms with van der Waals surface area (Å²) in [5.74, 6) is -0.277. The second-order valence-corrected chi connectivity index (χ2v) is 6.67. The van der Waals surface area contributed by atoms with Crippen molar-refractivity contribution in [3.63, 3.8) is 0 Å². The molecule has 1 heterocycles. The SMILES string of the molecule is CCC(CC)C(=O)NC(C)c1cc(F)ccc1N1CCC(O)CC1. The number of carbonyl (C=O) groups is 1. The summed E-state index contributed by atoms with van der Waals surface area (Å²) in [7, 11) is 0. The van der Waals surface area contributed by atoms with Gasteiger partial charge in [0.1, 0.15) is 5.82 Å². The molecule has 1 aliphatic rings. The molecule has 0 aliphatic carbocycles. The molecular formula is C19H29FN2O2. The van der Waals surface area contributed by atoms with Gasteiger partial charge < -0.3 is 15.3 Å². The lowest BCUT2D eigenvalue weighted by Crippen LogP contribution is -2.38. The number of aliphatic hydroxyl groups excluding tert-OH is 1. The van der Waals surface area contributed by atoms with Gasteiger partial charge in [-0.25, -0.2) is 4.39 Å². The van der Waals surface area contributed by atoms with Gasteiger partial charge in [0.25, 0.3) is 0 Å². The van der Waals surface area contributed by atoms with E-state index in [0.29, 0.717) is 12.8 Å². The van der Waals surface area contributed by atoms with Crippen molar-refractivity contribution >= 4 is 11.6 Å². The number of hydrogen-bond acceptors (Lipinski definition) is 3. The fourth-order valence-corrected chi connectivity index (χ4v) is 3.34. The monoisotopic (exact) mass is 336 g/mol. The molecule has 0 radical (unpaired) electrons. The fraction of sp³-hybridized carbons (Fsp3) is 0.632. The molecule has 5 heteroatoms. The molecule has 134 valence electrons. The van der Waals surface area contributed by atoms with E-state index >= 15 is 0 Å². The minimum atomic E-state index is -0.297. The molecule has 0 saturated carbocycles. The number of piperidine rings is 1. The number of nitrogens with one attached hydrogen (secondary N) is 1. The number of nitrogens with zero attached hydrogens (tertiary/aromatic N) is 1. The molecule has 2 rings (SSSR count). The van der Waals surface area contributed by atoms with Crippen LogP contribution in [0.3, 0.4) is 0 Å². The molecule has 4 nitrogen and oxygen atoms in total. The predicted molar refractivity (Wildman–Crippen MR) is 94.5 cm³/mol.